The second-order valence-electron chi connectivity index (χ2n) is 4.24. The van der Waals surface area contributed by atoms with Crippen molar-refractivity contribution < 1.29 is 0 Å². The van der Waals surface area contributed by atoms with Crippen LogP contribution in [0.4, 0.5) is 0 Å². The molecule has 0 bridgehead atoms. The highest BCUT2D eigenvalue weighted by atomic mass is 15.1. The van der Waals surface area contributed by atoms with Crippen molar-refractivity contribution in [3.8, 4) is 0 Å². The highest BCUT2D eigenvalue weighted by molar-refractivity contribution is 4.67. The van der Waals surface area contributed by atoms with Crippen LogP contribution in [0.25, 0.3) is 0 Å². The molecule has 86 valence electrons. The molecule has 0 radical (unpaired) electrons. The summed E-state index contributed by atoms with van der Waals surface area (Å²) in [5, 5.41) is 3.38. The van der Waals surface area contributed by atoms with Gasteiger partial charge in [0.1, 0.15) is 0 Å². The summed E-state index contributed by atoms with van der Waals surface area (Å²) >= 11 is 0. The van der Waals surface area contributed by atoms with E-state index in [0.717, 1.165) is 0 Å². The van der Waals surface area contributed by atoms with Gasteiger partial charge in [-0.25, -0.2) is 0 Å². The molecule has 0 aromatic carbocycles. The van der Waals surface area contributed by atoms with Crippen LogP contribution in [0.3, 0.4) is 0 Å². The fraction of sp³-hybridized carbons (Fsp3) is 1.00. The summed E-state index contributed by atoms with van der Waals surface area (Å²) in [5.41, 5.74) is 0. The van der Waals surface area contributed by atoms with Crippen LogP contribution >= 0.6 is 0 Å². The molecule has 0 amide bonds. The van der Waals surface area contributed by atoms with E-state index >= 15 is 0 Å². The molecule has 0 saturated heterocycles. The van der Waals surface area contributed by atoms with Gasteiger partial charge in [-0.05, 0) is 33.5 Å². The maximum atomic E-state index is 3.38. The lowest BCUT2D eigenvalue weighted by molar-refractivity contribution is 0.281. The van der Waals surface area contributed by atoms with Gasteiger partial charge < -0.3 is 10.2 Å². The van der Waals surface area contributed by atoms with Crippen molar-refractivity contribution in [2.45, 2.75) is 52.0 Å². The highest BCUT2D eigenvalue weighted by Gasteiger charge is 2.07. The number of hydrogen-bond donors (Lipinski definition) is 1. The van der Waals surface area contributed by atoms with E-state index in [1.54, 1.807) is 0 Å². The number of nitrogens with zero attached hydrogens (tertiary/aromatic N) is 1. The van der Waals surface area contributed by atoms with Crippen LogP contribution in [0.5, 0.6) is 0 Å². The molecule has 0 aromatic heterocycles. The minimum atomic E-state index is 0.673. The van der Waals surface area contributed by atoms with E-state index in [2.05, 4.69) is 38.2 Å². The third kappa shape index (κ3) is 7.34. The van der Waals surface area contributed by atoms with Crippen LogP contribution in [0.1, 0.15) is 46.0 Å². The molecule has 1 N–H and O–H groups in total. The minimum Gasteiger partial charge on any atom is -0.316 e. The van der Waals surface area contributed by atoms with Gasteiger partial charge >= 0.3 is 0 Å². The van der Waals surface area contributed by atoms with Gasteiger partial charge in [0.25, 0.3) is 0 Å². The third-order valence-corrected chi connectivity index (χ3v) is 2.72. The van der Waals surface area contributed by atoms with Gasteiger partial charge in [-0.15, -0.1) is 0 Å². The zero-order chi connectivity index (χ0) is 10.8. The van der Waals surface area contributed by atoms with Crippen molar-refractivity contribution in [1.82, 2.24) is 10.2 Å². The lowest BCUT2D eigenvalue weighted by Gasteiger charge is -2.23. The monoisotopic (exact) mass is 200 g/mol. The Labute approximate surface area is 90.1 Å². The molecule has 0 heterocycles. The van der Waals surface area contributed by atoms with Gasteiger partial charge in [0.2, 0.25) is 0 Å². The van der Waals surface area contributed by atoms with Gasteiger partial charge in [-0.1, -0.05) is 33.1 Å². The van der Waals surface area contributed by atoms with Crippen molar-refractivity contribution in [3.05, 3.63) is 0 Å². The van der Waals surface area contributed by atoms with E-state index in [0.29, 0.717) is 6.04 Å². The van der Waals surface area contributed by atoms with Gasteiger partial charge in [0.05, 0.1) is 0 Å². The van der Waals surface area contributed by atoms with Crippen LogP contribution in [0, 0.1) is 0 Å². The summed E-state index contributed by atoms with van der Waals surface area (Å²) in [6, 6.07) is 0.673. The molecular weight excluding hydrogens is 172 g/mol. The molecule has 2 nitrogen and oxygen atoms in total. The van der Waals surface area contributed by atoms with Crippen LogP contribution in [0.2, 0.25) is 0 Å². The summed E-state index contributed by atoms with van der Waals surface area (Å²) < 4.78 is 0. The fourth-order valence-corrected chi connectivity index (χ4v) is 1.77. The van der Waals surface area contributed by atoms with Crippen molar-refractivity contribution in [2.24, 2.45) is 0 Å². The number of nitrogens with one attached hydrogen (secondary N) is 1. The SMILES string of the molecule is CCCCCN(C)CC(CCC)NC. The van der Waals surface area contributed by atoms with Crippen molar-refractivity contribution >= 4 is 0 Å². The average molecular weight is 200 g/mol. The number of unbranched alkanes of at least 4 members (excludes halogenated alkanes) is 2. The zero-order valence-corrected chi connectivity index (χ0v) is 10.5. The van der Waals surface area contributed by atoms with Crippen molar-refractivity contribution in [1.29, 1.82) is 0 Å². The Morgan fingerprint density at radius 1 is 1.14 bits per heavy atom. The third-order valence-electron chi connectivity index (χ3n) is 2.72. The Balaban J connectivity index is 3.51. The quantitative estimate of drug-likeness (QED) is 0.575. The van der Waals surface area contributed by atoms with E-state index in [1.165, 1.54) is 45.2 Å². The largest absolute Gasteiger partial charge is 0.316 e. The van der Waals surface area contributed by atoms with E-state index < -0.39 is 0 Å². The lowest BCUT2D eigenvalue weighted by Crippen LogP contribution is -2.37. The summed E-state index contributed by atoms with van der Waals surface area (Å²) in [6.45, 7) is 6.94. The second kappa shape index (κ2) is 9.47. The Kier molecular flexibility index (Phi) is 9.42. The van der Waals surface area contributed by atoms with E-state index in [4.69, 9.17) is 0 Å². The molecule has 14 heavy (non-hydrogen) atoms. The number of likely N-dealkylation sites (N-methyl/N-ethyl adjacent to an activating group) is 2. The zero-order valence-electron chi connectivity index (χ0n) is 10.5. The Morgan fingerprint density at radius 2 is 1.86 bits per heavy atom. The predicted octanol–water partition coefficient (Wildman–Crippen LogP) is 2.50. The summed E-state index contributed by atoms with van der Waals surface area (Å²) in [4.78, 5) is 2.45. The first-order valence-corrected chi connectivity index (χ1v) is 6.10. The highest BCUT2D eigenvalue weighted by Crippen LogP contribution is 2.01. The minimum absolute atomic E-state index is 0.673. The molecule has 0 fully saturated rings. The van der Waals surface area contributed by atoms with E-state index in [9.17, 15) is 0 Å². The van der Waals surface area contributed by atoms with Gasteiger partial charge in [-0.3, -0.25) is 0 Å². The number of rotatable bonds is 9. The normalized spacial score (nSPS) is 13.5. The fourth-order valence-electron chi connectivity index (χ4n) is 1.77. The maximum Gasteiger partial charge on any atom is 0.0191 e. The maximum absolute atomic E-state index is 3.38. The van der Waals surface area contributed by atoms with Gasteiger partial charge in [0.15, 0.2) is 0 Å². The molecule has 0 aliphatic carbocycles. The van der Waals surface area contributed by atoms with Crippen LogP contribution in [-0.2, 0) is 0 Å². The van der Waals surface area contributed by atoms with E-state index in [-0.39, 0.29) is 0 Å². The topological polar surface area (TPSA) is 15.3 Å². The standard InChI is InChI=1S/C12H28N2/c1-5-7-8-10-14(4)11-12(13-3)9-6-2/h12-13H,5-11H2,1-4H3. The van der Waals surface area contributed by atoms with Crippen LogP contribution < -0.4 is 5.32 Å². The molecular formula is C12H28N2. The Bertz CT molecular complexity index is 115. The Morgan fingerprint density at radius 3 is 2.36 bits per heavy atom. The van der Waals surface area contributed by atoms with E-state index in [1.807, 2.05) is 0 Å². The first-order chi connectivity index (χ1) is 6.74. The summed E-state index contributed by atoms with van der Waals surface area (Å²) in [7, 11) is 4.30. The number of hydrogen-bond acceptors (Lipinski definition) is 2. The van der Waals surface area contributed by atoms with Crippen molar-refractivity contribution in [3.63, 3.8) is 0 Å². The molecule has 0 aliphatic rings. The molecule has 0 aromatic rings. The molecule has 0 rings (SSSR count). The molecule has 1 unspecified atom stereocenters. The second-order valence-corrected chi connectivity index (χ2v) is 4.24. The lowest BCUT2D eigenvalue weighted by atomic mass is 10.1. The molecule has 2 heteroatoms. The molecule has 0 saturated carbocycles. The van der Waals surface area contributed by atoms with Crippen molar-refractivity contribution in [2.75, 3.05) is 27.2 Å². The first kappa shape index (κ1) is 13.9. The Hall–Kier alpha value is -0.0800. The first-order valence-electron chi connectivity index (χ1n) is 6.10. The molecule has 0 spiro atoms. The predicted molar refractivity (Wildman–Crippen MR) is 64.8 cm³/mol. The van der Waals surface area contributed by atoms with Gasteiger partial charge in [-0.2, -0.15) is 0 Å². The smallest absolute Gasteiger partial charge is 0.0191 e. The van der Waals surface area contributed by atoms with Crippen LogP contribution in [0.15, 0.2) is 0 Å². The summed E-state index contributed by atoms with van der Waals surface area (Å²) in [5.74, 6) is 0. The molecule has 0 aliphatic heterocycles. The average Bonchev–Trinajstić information content (AvgIpc) is 2.17. The van der Waals surface area contributed by atoms with Gasteiger partial charge in [0, 0.05) is 12.6 Å². The summed E-state index contributed by atoms with van der Waals surface area (Å²) in [6.07, 6.45) is 6.58. The van der Waals surface area contributed by atoms with Crippen LogP contribution in [-0.4, -0.2) is 38.1 Å². The molecule has 1 atom stereocenters.